The highest BCUT2D eigenvalue weighted by Crippen LogP contribution is 2.37. The quantitative estimate of drug-likeness (QED) is 0.0465. The summed E-state index contributed by atoms with van der Waals surface area (Å²) >= 11 is 3.17. The molecule has 0 saturated carbocycles. The van der Waals surface area contributed by atoms with Crippen molar-refractivity contribution in [1.82, 2.24) is 9.97 Å². The third-order valence-corrected chi connectivity index (χ3v) is 7.32. The van der Waals surface area contributed by atoms with Gasteiger partial charge in [0, 0.05) is 41.3 Å². The molecule has 0 fully saturated rings. The molecule has 0 unspecified atom stereocenters. The predicted molar refractivity (Wildman–Crippen MR) is 142 cm³/mol. The molecule has 38 heavy (non-hydrogen) atoms. The van der Waals surface area contributed by atoms with E-state index >= 15 is 0 Å². The fourth-order valence-electron chi connectivity index (χ4n) is 2.92. The molecule has 0 aliphatic rings. The molecule has 0 aliphatic carbocycles. The van der Waals surface area contributed by atoms with Crippen LogP contribution in [0.15, 0.2) is 33.3 Å². The van der Waals surface area contributed by atoms with Crippen molar-refractivity contribution in [1.29, 1.82) is 5.26 Å². The smallest absolute Gasteiger partial charge is 0.266 e. The highest BCUT2D eigenvalue weighted by Gasteiger charge is 2.18. The first kappa shape index (κ1) is 29.9. The Balaban J connectivity index is 1.91. The van der Waals surface area contributed by atoms with E-state index in [-0.39, 0.29) is 36.0 Å². The Bertz CT molecular complexity index is 1430. The van der Waals surface area contributed by atoms with Gasteiger partial charge in [-0.05, 0) is 25.1 Å². The zero-order chi connectivity index (χ0) is 27.5. The number of azo groups is 1. The molecule has 2 heterocycles. The zero-order valence-corrected chi connectivity index (χ0v) is 23.0. The van der Waals surface area contributed by atoms with Crippen LogP contribution in [0.2, 0.25) is 0 Å². The van der Waals surface area contributed by atoms with Gasteiger partial charge >= 0.3 is 0 Å². The molecule has 0 spiro atoms. The third kappa shape index (κ3) is 8.70. The number of nitrogens with zero attached hydrogens (tertiary/aromatic N) is 5. The van der Waals surface area contributed by atoms with Crippen LogP contribution >= 0.6 is 35.4 Å². The van der Waals surface area contributed by atoms with Crippen molar-refractivity contribution in [2.75, 3.05) is 42.3 Å². The van der Waals surface area contributed by atoms with E-state index in [1.54, 1.807) is 6.92 Å². The second-order valence-corrected chi connectivity index (χ2v) is 11.2. The fourth-order valence-corrected chi connectivity index (χ4v) is 4.92. The van der Waals surface area contributed by atoms with E-state index in [0.717, 1.165) is 33.7 Å². The number of hydrogen-bond donors (Lipinski definition) is 4. The number of aromatic nitrogens is 2. The van der Waals surface area contributed by atoms with Crippen LogP contribution in [0.25, 0.3) is 10.2 Å². The molecule has 3 rings (SSSR count). The molecular formula is C19H21N7O8S4. The van der Waals surface area contributed by atoms with Gasteiger partial charge < -0.3 is 10.6 Å². The van der Waals surface area contributed by atoms with E-state index < -0.39 is 15.9 Å². The van der Waals surface area contributed by atoms with Gasteiger partial charge in [-0.1, -0.05) is 16.4 Å². The van der Waals surface area contributed by atoms with Gasteiger partial charge in [0.25, 0.3) is 10.1 Å². The van der Waals surface area contributed by atoms with Crippen LogP contribution in [0, 0.1) is 18.3 Å². The molecule has 19 heteroatoms. The largest absolute Gasteiger partial charge is 0.368 e. The van der Waals surface area contributed by atoms with Gasteiger partial charge in [0.15, 0.2) is 5.82 Å². The van der Waals surface area contributed by atoms with Crippen molar-refractivity contribution in [2.24, 2.45) is 10.2 Å². The minimum atomic E-state index is -4.21. The first-order chi connectivity index (χ1) is 18.3. The van der Waals surface area contributed by atoms with Crippen molar-refractivity contribution in [3.63, 3.8) is 0 Å². The average molecular weight is 604 g/mol. The summed E-state index contributed by atoms with van der Waals surface area (Å²) in [6.07, 6.45) is 0. The minimum absolute atomic E-state index is 0.0981. The normalized spacial score (nSPS) is 11.8. The average Bonchev–Trinajstić information content (AvgIpc) is 3.28. The lowest BCUT2D eigenvalue weighted by Gasteiger charge is -2.15. The van der Waals surface area contributed by atoms with Crippen LogP contribution < -0.4 is 10.6 Å². The Hall–Kier alpha value is -2.64. The first-order valence-electron chi connectivity index (χ1n) is 10.4. The molecule has 0 saturated heterocycles. The van der Waals surface area contributed by atoms with Crippen molar-refractivity contribution in [3.05, 3.63) is 29.3 Å². The Morgan fingerprint density at radius 2 is 1.97 bits per heavy atom. The molecule has 1 aromatic carbocycles. The van der Waals surface area contributed by atoms with E-state index in [2.05, 4.69) is 45.1 Å². The maximum atomic E-state index is 11.1. The SMILES string of the molecule is COOSc1ccc2nc(N=Nc3c(NCCSOOO)nc(NCCS(=O)(=O)O)c(C#N)c3C)sc2c1. The van der Waals surface area contributed by atoms with Crippen molar-refractivity contribution >= 4 is 78.2 Å². The number of thiazole rings is 1. The van der Waals surface area contributed by atoms with Crippen LogP contribution in [0.4, 0.5) is 22.5 Å². The van der Waals surface area contributed by atoms with Crippen molar-refractivity contribution in [3.8, 4) is 6.07 Å². The van der Waals surface area contributed by atoms with Crippen LogP contribution in [0.5, 0.6) is 0 Å². The van der Waals surface area contributed by atoms with E-state index in [0.29, 0.717) is 22.0 Å². The summed E-state index contributed by atoms with van der Waals surface area (Å²) in [6, 6.07) is 7.53. The molecule has 0 aliphatic heterocycles. The molecule has 0 bridgehead atoms. The summed E-state index contributed by atoms with van der Waals surface area (Å²) in [5, 5.41) is 36.2. The third-order valence-electron chi connectivity index (χ3n) is 4.52. The molecule has 0 atom stereocenters. The summed E-state index contributed by atoms with van der Waals surface area (Å²) in [6.45, 7) is 1.74. The van der Waals surface area contributed by atoms with Crippen LogP contribution in [-0.2, 0) is 28.7 Å². The number of rotatable bonds is 15. The molecular weight excluding hydrogens is 583 g/mol. The zero-order valence-electron chi connectivity index (χ0n) is 19.8. The Morgan fingerprint density at radius 3 is 2.68 bits per heavy atom. The lowest BCUT2D eigenvalue weighted by molar-refractivity contribution is -0.432. The van der Waals surface area contributed by atoms with Gasteiger partial charge in [0.2, 0.25) is 5.13 Å². The number of pyridine rings is 1. The molecule has 15 nitrogen and oxygen atoms in total. The molecule has 0 radical (unpaired) electrons. The van der Waals surface area contributed by atoms with Gasteiger partial charge in [-0.2, -0.15) is 18.0 Å². The number of nitrogens with one attached hydrogen (secondary N) is 2. The molecule has 2 aromatic heterocycles. The van der Waals surface area contributed by atoms with Crippen molar-refractivity contribution < 1.29 is 36.8 Å². The molecule has 4 N–H and O–H groups in total. The monoisotopic (exact) mass is 603 g/mol. The molecule has 0 amide bonds. The van der Waals surface area contributed by atoms with E-state index in [9.17, 15) is 13.7 Å². The maximum Gasteiger partial charge on any atom is 0.266 e. The second-order valence-electron chi connectivity index (χ2n) is 7.02. The highest BCUT2D eigenvalue weighted by atomic mass is 32.2. The Morgan fingerprint density at radius 1 is 1.18 bits per heavy atom. The highest BCUT2D eigenvalue weighted by molar-refractivity contribution is 7.94. The standard InChI is InChI=1S/C19H21N7O8S4/c1-11-13(10-20)17(22-6-8-38(28,29)30)24-18(21-5-7-35-34-32-27)16(11)25-26-19-23-14-4-3-12(37-33-31-2)9-15(14)36-19/h3-4,9,27H,5-8H2,1-2H3,(H2,21,22,24)(H,28,29,30). The minimum Gasteiger partial charge on any atom is -0.368 e. The fraction of sp³-hybridized carbons (Fsp3) is 0.316. The summed E-state index contributed by atoms with van der Waals surface area (Å²) in [4.78, 5) is 14.2. The van der Waals surface area contributed by atoms with Gasteiger partial charge in [0.05, 0.1) is 40.7 Å². The maximum absolute atomic E-state index is 11.1. The predicted octanol–water partition coefficient (Wildman–Crippen LogP) is 4.65. The Kier molecular flexibility index (Phi) is 11.4. The van der Waals surface area contributed by atoms with Crippen LogP contribution in [0.1, 0.15) is 11.1 Å². The lowest BCUT2D eigenvalue weighted by atomic mass is 10.1. The number of benzene rings is 1. The van der Waals surface area contributed by atoms with Gasteiger partial charge in [0.1, 0.15) is 17.6 Å². The van der Waals surface area contributed by atoms with Crippen LogP contribution in [0.3, 0.4) is 0 Å². The van der Waals surface area contributed by atoms with Gasteiger partial charge in [-0.15, -0.1) is 14.6 Å². The second kappa shape index (κ2) is 14.5. The van der Waals surface area contributed by atoms with Gasteiger partial charge in [-0.25, -0.2) is 20.1 Å². The van der Waals surface area contributed by atoms with E-state index in [4.69, 9.17) is 14.1 Å². The van der Waals surface area contributed by atoms with Crippen molar-refractivity contribution in [2.45, 2.75) is 11.8 Å². The van der Waals surface area contributed by atoms with Gasteiger partial charge in [-0.3, -0.25) is 4.55 Å². The molecule has 204 valence electrons. The van der Waals surface area contributed by atoms with E-state index in [1.807, 2.05) is 24.3 Å². The number of hydrogen-bond acceptors (Lipinski definition) is 17. The number of anilines is 2. The molecule has 3 aromatic rings. The summed E-state index contributed by atoms with van der Waals surface area (Å²) in [5.74, 6) is 0.0875. The first-order valence-corrected chi connectivity index (χ1v) is 14.5. The summed E-state index contributed by atoms with van der Waals surface area (Å²) < 4.78 is 41.2. The summed E-state index contributed by atoms with van der Waals surface area (Å²) in [5.41, 5.74) is 1.51. The van der Waals surface area contributed by atoms with Crippen LogP contribution in [-0.4, -0.2) is 59.9 Å². The number of fused-ring (bicyclic) bond motifs is 1. The van der Waals surface area contributed by atoms with E-state index in [1.165, 1.54) is 18.4 Å². The topological polar surface area (TPSA) is 210 Å². The lowest BCUT2D eigenvalue weighted by Crippen LogP contribution is -2.17. The Labute approximate surface area is 229 Å². The number of nitriles is 1. The summed E-state index contributed by atoms with van der Waals surface area (Å²) in [7, 11) is -2.81.